The maximum absolute atomic E-state index is 13.7. The molecule has 6 nitrogen and oxygen atoms in total. The summed E-state index contributed by atoms with van der Waals surface area (Å²) in [5, 5.41) is 14.3. The van der Waals surface area contributed by atoms with Crippen molar-refractivity contribution in [3.63, 3.8) is 0 Å². The van der Waals surface area contributed by atoms with E-state index in [9.17, 15) is 18.7 Å². The van der Waals surface area contributed by atoms with Crippen LogP contribution in [0.2, 0.25) is 5.02 Å². The molecule has 2 saturated heterocycles. The lowest BCUT2D eigenvalue weighted by molar-refractivity contribution is -0.0195. The number of hydrogen-bond acceptors (Lipinski definition) is 5. The highest BCUT2D eigenvalue weighted by atomic mass is 35.5. The quantitative estimate of drug-likeness (QED) is 0.448. The summed E-state index contributed by atoms with van der Waals surface area (Å²) in [6.45, 7) is 2.22. The lowest BCUT2D eigenvalue weighted by Gasteiger charge is -2.49. The molecule has 2 bridgehead atoms. The van der Waals surface area contributed by atoms with Crippen LogP contribution in [0.4, 0.5) is 8.78 Å². The van der Waals surface area contributed by atoms with Gasteiger partial charge in [-0.25, -0.2) is 8.78 Å². The third-order valence-electron chi connectivity index (χ3n) is 7.25. The number of halogens is 3. The molecule has 0 saturated carbocycles. The third kappa shape index (κ3) is 5.36. The fourth-order valence-corrected chi connectivity index (χ4v) is 5.62. The number of nitrogens with one attached hydrogen (secondary N) is 1. The summed E-state index contributed by atoms with van der Waals surface area (Å²) in [4.78, 5) is 15.2. The number of furan rings is 1. The van der Waals surface area contributed by atoms with E-state index in [0.29, 0.717) is 23.2 Å². The molecule has 3 unspecified atom stereocenters. The van der Waals surface area contributed by atoms with Gasteiger partial charge in [0.2, 0.25) is 0 Å². The van der Waals surface area contributed by atoms with Gasteiger partial charge in [0.25, 0.3) is 5.91 Å². The second-order valence-electron chi connectivity index (χ2n) is 9.87. The Morgan fingerprint density at radius 1 is 1.19 bits per heavy atom. The molecule has 9 heteroatoms. The van der Waals surface area contributed by atoms with Crippen molar-refractivity contribution < 1.29 is 27.8 Å². The van der Waals surface area contributed by atoms with E-state index in [1.807, 2.05) is 0 Å². The molecule has 0 spiro atoms. The number of piperidine rings is 2. The minimum atomic E-state index is -0.716. The van der Waals surface area contributed by atoms with Crippen molar-refractivity contribution in [3.05, 3.63) is 64.4 Å². The molecule has 192 valence electrons. The Kier molecular flexibility index (Phi) is 7.19. The molecule has 0 radical (unpaired) electrons. The van der Waals surface area contributed by atoms with Gasteiger partial charge in [-0.1, -0.05) is 24.1 Å². The molecule has 1 amide bonds. The Bertz CT molecular complexity index is 1210. The maximum Gasteiger partial charge on any atom is 0.287 e. The van der Waals surface area contributed by atoms with Crippen molar-refractivity contribution in [3.8, 4) is 5.75 Å². The highest BCUT2D eigenvalue weighted by Crippen LogP contribution is 2.34. The number of aryl methyl sites for hydroxylation is 1. The van der Waals surface area contributed by atoms with Gasteiger partial charge in [-0.05, 0) is 56.4 Å². The number of carbonyl (C=O) groups excluding carboxylic acids is 1. The number of aliphatic hydroxyl groups excluding tert-OH is 1. The molecule has 2 aliphatic heterocycles. The van der Waals surface area contributed by atoms with Crippen LogP contribution in [0, 0.1) is 18.6 Å². The molecular formula is C27H29ClF2N2O4. The van der Waals surface area contributed by atoms with Crippen molar-refractivity contribution in [1.29, 1.82) is 0 Å². The molecule has 2 N–H and O–H groups in total. The van der Waals surface area contributed by atoms with Crippen LogP contribution < -0.4 is 10.1 Å². The van der Waals surface area contributed by atoms with Crippen molar-refractivity contribution in [1.82, 2.24) is 10.2 Å². The van der Waals surface area contributed by atoms with Gasteiger partial charge in [0.1, 0.15) is 35.7 Å². The maximum atomic E-state index is 13.7. The third-order valence-corrected chi connectivity index (χ3v) is 7.54. The number of amides is 1. The van der Waals surface area contributed by atoms with Crippen molar-refractivity contribution >= 4 is 28.5 Å². The van der Waals surface area contributed by atoms with E-state index in [-0.39, 0.29) is 52.8 Å². The Labute approximate surface area is 213 Å². The van der Waals surface area contributed by atoms with E-state index in [4.69, 9.17) is 20.8 Å². The second-order valence-corrected chi connectivity index (χ2v) is 10.3. The minimum absolute atomic E-state index is 0.0194. The molecule has 3 aromatic rings. The zero-order valence-electron chi connectivity index (χ0n) is 20.0. The topological polar surface area (TPSA) is 74.9 Å². The van der Waals surface area contributed by atoms with Crippen LogP contribution in [-0.4, -0.2) is 53.3 Å². The lowest BCUT2D eigenvalue weighted by atomic mass is 9.81. The molecule has 3 atom stereocenters. The minimum Gasteiger partial charge on any atom is -0.491 e. The number of hydrogen-bond donors (Lipinski definition) is 2. The van der Waals surface area contributed by atoms with Gasteiger partial charge in [0.15, 0.2) is 5.76 Å². The number of benzene rings is 2. The van der Waals surface area contributed by atoms with Crippen molar-refractivity contribution in [2.75, 3.05) is 13.2 Å². The monoisotopic (exact) mass is 518 g/mol. The van der Waals surface area contributed by atoms with Crippen LogP contribution in [-0.2, 0) is 0 Å². The molecule has 0 aliphatic carbocycles. The van der Waals surface area contributed by atoms with Crippen LogP contribution in [0.1, 0.15) is 48.2 Å². The standard InChI is InChI=1S/C27H29ClF2N2O4/c1-15-5-6-21(11-23(15)29)35-14-20(33)13-32-18-3-2-4-19(32)10-17(9-18)31-27(34)26-8-16-7-22(28)24(30)12-25(16)36-26/h5-8,11-12,17-20,33H,2-4,9-10,13-14H2,1H3,(H,31,34). The largest absolute Gasteiger partial charge is 0.491 e. The van der Waals surface area contributed by atoms with Crippen LogP contribution in [0.15, 0.2) is 40.8 Å². The van der Waals surface area contributed by atoms with Gasteiger partial charge in [0.05, 0.1) is 5.02 Å². The normalized spacial score (nSPS) is 23.0. The molecule has 1 aromatic heterocycles. The first-order valence-electron chi connectivity index (χ1n) is 12.3. The predicted molar refractivity (Wildman–Crippen MR) is 132 cm³/mol. The van der Waals surface area contributed by atoms with Gasteiger partial charge >= 0.3 is 0 Å². The van der Waals surface area contributed by atoms with Crippen LogP contribution in [0.5, 0.6) is 5.75 Å². The Morgan fingerprint density at radius 3 is 2.67 bits per heavy atom. The number of ether oxygens (including phenoxy) is 1. The van der Waals surface area contributed by atoms with E-state index in [2.05, 4.69) is 10.2 Å². The first-order valence-corrected chi connectivity index (χ1v) is 12.7. The number of carbonyl (C=O) groups is 1. The molecular weight excluding hydrogens is 490 g/mol. The van der Waals surface area contributed by atoms with Crippen LogP contribution >= 0.6 is 11.6 Å². The van der Waals surface area contributed by atoms with Crippen LogP contribution in [0.25, 0.3) is 11.0 Å². The summed E-state index contributed by atoms with van der Waals surface area (Å²) in [5.41, 5.74) is 0.822. The van der Waals surface area contributed by atoms with Crippen LogP contribution in [0.3, 0.4) is 0 Å². The van der Waals surface area contributed by atoms with Gasteiger partial charge in [0, 0.05) is 42.2 Å². The van der Waals surface area contributed by atoms with E-state index in [1.54, 1.807) is 25.1 Å². The van der Waals surface area contributed by atoms with Gasteiger partial charge in [-0.3, -0.25) is 9.69 Å². The molecule has 2 aliphatic rings. The fourth-order valence-electron chi connectivity index (χ4n) is 5.45. The fraction of sp³-hybridized carbons (Fsp3) is 0.444. The van der Waals surface area contributed by atoms with E-state index < -0.39 is 11.9 Å². The average molecular weight is 519 g/mol. The molecule has 2 fully saturated rings. The molecule has 5 rings (SSSR count). The predicted octanol–water partition coefficient (Wildman–Crippen LogP) is 5.23. The molecule has 2 aromatic carbocycles. The summed E-state index contributed by atoms with van der Waals surface area (Å²) in [6.07, 6.45) is 3.90. The first-order chi connectivity index (χ1) is 17.3. The van der Waals surface area contributed by atoms with Crippen molar-refractivity contribution in [2.24, 2.45) is 0 Å². The zero-order chi connectivity index (χ0) is 25.4. The Morgan fingerprint density at radius 2 is 1.94 bits per heavy atom. The number of rotatable bonds is 7. The van der Waals surface area contributed by atoms with E-state index in [1.165, 1.54) is 18.2 Å². The van der Waals surface area contributed by atoms with Gasteiger partial charge in [-0.2, -0.15) is 0 Å². The van der Waals surface area contributed by atoms with Crippen molar-refractivity contribution in [2.45, 2.75) is 63.3 Å². The zero-order valence-corrected chi connectivity index (χ0v) is 20.7. The SMILES string of the molecule is Cc1ccc(OCC(O)CN2C3CCCC2CC(NC(=O)c2cc4cc(Cl)c(F)cc4o2)C3)cc1F. The summed E-state index contributed by atoms with van der Waals surface area (Å²) in [6, 6.07) is 9.32. The second kappa shape index (κ2) is 10.4. The van der Waals surface area contributed by atoms with E-state index >= 15 is 0 Å². The number of aliphatic hydroxyl groups is 1. The lowest BCUT2D eigenvalue weighted by Crippen LogP contribution is -2.58. The Hall–Kier alpha value is -2.68. The molecule has 36 heavy (non-hydrogen) atoms. The average Bonchev–Trinajstić information content (AvgIpc) is 3.23. The Balaban J connectivity index is 1.17. The van der Waals surface area contributed by atoms with E-state index in [0.717, 1.165) is 32.1 Å². The van der Waals surface area contributed by atoms with Gasteiger partial charge < -0.3 is 19.6 Å². The summed E-state index contributed by atoms with van der Waals surface area (Å²) in [7, 11) is 0. The first kappa shape index (κ1) is 25.0. The number of nitrogens with zero attached hydrogens (tertiary/aromatic N) is 1. The number of fused-ring (bicyclic) bond motifs is 3. The van der Waals surface area contributed by atoms with Gasteiger partial charge in [-0.15, -0.1) is 0 Å². The summed E-state index contributed by atoms with van der Waals surface area (Å²) in [5.74, 6) is -0.740. The summed E-state index contributed by atoms with van der Waals surface area (Å²) >= 11 is 5.84. The highest BCUT2D eigenvalue weighted by Gasteiger charge is 2.39. The smallest absolute Gasteiger partial charge is 0.287 e. The highest BCUT2D eigenvalue weighted by molar-refractivity contribution is 6.31. The summed E-state index contributed by atoms with van der Waals surface area (Å²) < 4.78 is 38.6. The molecule has 3 heterocycles.